The molecule has 43 heavy (non-hydrogen) atoms. The van der Waals surface area contributed by atoms with Crippen molar-refractivity contribution in [2.24, 2.45) is 6.99 Å². The Morgan fingerprint density at radius 2 is 1.07 bits per heavy atom. The molecule has 0 saturated heterocycles. The van der Waals surface area contributed by atoms with Crippen LogP contribution in [0.4, 0.5) is 0 Å². The van der Waals surface area contributed by atoms with Gasteiger partial charge in [0, 0.05) is 6.97 Å². The fourth-order valence-electron chi connectivity index (χ4n) is 2.61. The molecule has 0 aromatic heterocycles. The maximum absolute atomic E-state index is 6.27. The number of hydrogen-bond acceptors (Lipinski definition) is 3. The molecule has 1 rings (SSSR count). The SMILES string of the molecule is C1CCCC1.CCC(C)(C)N[Si](C)(C)C.CCC(C)(C)[N]=[W]([Cl])=[N]C(C)(C)CC.[C-]#CC#CC.[CH3-].[Cl][W]([Cl])([Cl])([Cl])([Cl])[Cl].[HH].[Na+]. The van der Waals surface area contributed by atoms with Crippen molar-refractivity contribution >= 4 is 74.2 Å². The van der Waals surface area contributed by atoms with Crippen LogP contribution in [0.15, 0.2) is 6.99 Å². The summed E-state index contributed by atoms with van der Waals surface area (Å²) in [4.78, 5) is 3.68. The minimum absolute atomic E-state index is 0. The quantitative estimate of drug-likeness (QED) is 0.154. The Morgan fingerprint density at radius 3 is 1.19 bits per heavy atom. The predicted octanol–water partition coefficient (Wildman–Crippen LogP) is 11.5. The molecule has 0 radical (unpaired) electrons. The molecule has 0 heterocycles. The topological polar surface area (TPSA) is 36.8 Å². The minimum Gasteiger partial charge on any atom is 0 e. The van der Waals surface area contributed by atoms with Gasteiger partial charge in [0.2, 0.25) is 0 Å². The summed E-state index contributed by atoms with van der Waals surface area (Å²) in [5.41, 5.74) is 0.371. The van der Waals surface area contributed by atoms with Gasteiger partial charge in [-0.05, 0) is 27.2 Å². The third kappa shape index (κ3) is 68.2. The van der Waals surface area contributed by atoms with Crippen molar-refractivity contribution in [3.8, 4) is 17.8 Å². The fraction of sp³-hybridized carbons (Fsp3) is 0.828. The Kier molecular flexibility index (Phi) is 34.4. The van der Waals surface area contributed by atoms with Gasteiger partial charge in [-0.3, -0.25) is 11.8 Å². The summed E-state index contributed by atoms with van der Waals surface area (Å²) in [6, 6.07) is 0. The molecule has 14 heteroatoms. The smallest absolute Gasteiger partial charge is 0 e. The van der Waals surface area contributed by atoms with Crippen molar-refractivity contribution in [2.75, 3.05) is 0 Å². The molecule has 0 atom stereocenters. The van der Waals surface area contributed by atoms with E-state index in [0.29, 0.717) is 5.54 Å². The second-order valence-electron chi connectivity index (χ2n) is 12.5. The Labute approximate surface area is 324 Å². The molecular weight excluding hydrogens is 1060 g/mol. The van der Waals surface area contributed by atoms with Crippen LogP contribution in [0.1, 0.15) is 122 Å². The maximum Gasteiger partial charge on any atom is 1.00 e. The van der Waals surface area contributed by atoms with Crippen LogP contribution in [0.3, 0.4) is 0 Å². The number of halogens is 7. The van der Waals surface area contributed by atoms with E-state index in [-0.39, 0.29) is 49.5 Å². The summed E-state index contributed by atoms with van der Waals surface area (Å²) in [7, 11) is 30.1. The molecule has 0 aliphatic heterocycles. The first-order valence-corrected chi connectivity index (χ1v) is 45.4. The average molecular weight is 1120 g/mol. The molecule has 1 saturated carbocycles. The normalized spacial score (nSPS) is 15.0. The van der Waals surface area contributed by atoms with Gasteiger partial charge in [0.1, 0.15) is 8.24 Å². The molecule has 1 aliphatic carbocycles. The van der Waals surface area contributed by atoms with Crippen molar-refractivity contribution in [3.63, 3.8) is 0 Å². The molecule has 0 spiro atoms. The van der Waals surface area contributed by atoms with Crippen LogP contribution in [0.5, 0.6) is 0 Å². The summed E-state index contributed by atoms with van der Waals surface area (Å²) in [5.74, 6) is 6.65. The Bertz CT molecular complexity index is 883. The van der Waals surface area contributed by atoms with Gasteiger partial charge >= 0.3 is 191 Å². The summed E-state index contributed by atoms with van der Waals surface area (Å²) in [5, 5.41) is 0. The molecular formula is C29H61Cl7N3NaSiW2-. The van der Waals surface area contributed by atoms with Gasteiger partial charge in [0.25, 0.3) is 0 Å². The zero-order chi connectivity index (χ0) is 33.9. The molecule has 0 bridgehead atoms. The van der Waals surface area contributed by atoms with E-state index in [0.717, 1.165) is 12.8 Å². The van der Waals surface area contributed by atoms with Crippen LogP contribution in [0.25, 0.3) is 0 Å². The number of rotatable bonds is 7. The van der Waals surface area contributed by atoms with Gasteiger partial charge in [-0.15, -0.1) is 0 Å². The Morgan fingerprint density at radius 1 is 0.791 bits per heavy atom. The first kappa shape index (κ1) is 58.5. The van der Waals surface area contributed by atoms with Crippen LogP contribution >= 0.6 is 65.9 Å². The first-order valence-electron chi connectivity index (χ1n) is 13.8. The van der Waals surface area contributed by atoms with Gasteiger partial charge in [0.05, 0.1) is 0 Å². The van der Waals surface area contributed by atoms with Crippen LogP contribution < -0.4 is 34.5 Å². The molecule has 259 valence electrons. The van der Waals surface area contributed by atoms with Gasteiger partial charge < -0.3 is 18.8 Å². The van der Waals surface area contributed by atoms with Crippen LogP contribution in [-0.2, 0) is 23.2 Å². The Hall–Kier alpha value is 3.30. The van der Waals surface area contributed by atoms with E-state index < -0.39 is 31.5 Å². The molecule has 1 aliphatic rings. The zero-order valence-corrected chi connectivity index (χ0v) is 43.7. The molecule has 3 nitrogen and oxygen atoms in total. The molecule has 0 aromatic carbocycles. The second-order valence-corrected chi connectivity index (χ2v) is 86.0. The average Bonchev–Trinajstić information content (AvgIpc) is 3.31. The van der Waals surface area contributed by atoms with E-state index in [1.54, 1.807) is 6.92 Å². The predicted molar refractivity (Wildman–Crippen MR) is 198 cm³/mol. The Balaban J connectivity index is -0.0000000807. The summed E-state index contributed by atoms with van der Waals surface area (Å²) in [6.45, 7) is 28.2. The van der Waals surface area contributed by atoms with Crippen LogP contribution in [0, 0.1) is 31.6 Å². The molecule has 1 fully saturated rings. The third-order valence-corrected chi connectivity index (χ3v) is 12.6. The maximum atomic E-state index is 6.27. The third-order valence-electron chi connectivity index (χ3n) is 5.41. The fourth-order valence-corrected chi connectivity index (χ4v) is 11.9. The van der Waals surface area contributed by atoms with Crippen molar-refractivity contribution in [2.45, 2.75) is 157 Å². The van der Waals surface area contributed by atoms with E-state index in [2.05, 4.69) is 106 Å². The van der Waals surface area contributed by atoms with Gasteiger partial charge in [-0.1, -0.05) is 58.7 Å². The number of hydrogen-bond donors (Lipinski definition) is 1. The summed E-state index contributed by atoms with van der Waals surface area (Å²) in [6.07, 6.45) is 17.0. The summed E-state index contributed by atoms with van der Waals surface area (Å²) >= 11 is -2.30. The largest absolute Gasteiger partial charge is 1.00 e. The number of nitrogens with zero attached hydrogens (tertiary/aromatic N) is 2. The van der Waals surface area contributed by atoms with Crippen LogP contribution in [-0.4, -0.2) is 24.9 Å². The second kappa shape index (κ2) is 25.3. The van der Waals surface area contributed by atoms with E-state index in [1.807, 2.05) is 5.92 Å². The number of nitrogens with one attached hydrogen (secondary N) is 1. The van der Waals surface area contributed by atoms with Gasteiger partial charge in [-0.25, -0.2) is 5.92 Å². The molecule has 1 N–H and O–H groups in total. The van der Waals surface area contributed by atoms with E-state index in [4.69, 9.17) is 72.4 Å². The van der Waals surface area contributed by atoms with Crippen molar-refractivity contribution in [1.29, 1.82) is 0 Å². The zero-order valence-electron chi connectivity index (χ0n) is 29.5. The van der Waals surface area contributed by atoms with Gasteiger partial charge in [0.15, 0.2) is 0 Å². The first-order chi connectivity index (χ1) is 17.9. The summed E-state index contributed by atoms with van der Waals surface area (Å²) < 4.78 is 9.31. The van der Waals surface area contributed by atoms with E-state index in [1.165, 1.54) is 38.5 Å². The molecule has 0 amide bonds. The van der Waals surface area contributed by atoms with E-state index in [9.17, 15) is 0 Å². The van der Waals surface area contributed by atoms with E-state index >= 15 is 0 Å². The minimum atomic E-state index is -5.47. The van der Waals surface area contributed by atoms with Crippen LogP contribution in [0.2, 0.25) is 19.6 Å². The molecule has 0 unspecified atom stereocenters. The monoisotopic (exact) mass is 1120 g/mol. The van der Waals surface area contributed by atoms with Crippen molar-refractivity contribution in [1.82, 2.24) is 4.98 Å². The standard InChI is InChI=1S/C8H21NSi.2C5H11N.C5H10.C5H3.CH3.7ClH.Na.2W.H2/c1-7-8(2,3)9-10(4,5)6;2*1-4-5(2,3)6;1-2-4-5-3-1;1-3-5-4-2;;;;;;;;;;;;/h9H,7H2,1-6H3;2*4H2,1-3H3;1-5H2;1H3;1H3;7*1H;;;;1H/q;;;;2*-1;;;;;;;;2*+1;+6;/p-7. The van der Waals surface area contributed by atoms with Crippen molar-refractivity contribution in [3.05, 3.63) is 13.9 Å². The van der Waals surface area contributed by atoms with Gasteiger partial charge in [-0.2, -0.15) is 0 Å². The molecule has 0 aromatic rings. The van der Waals surface area contributed by atoms with Crippen molar-refractivity contribution < 1.29 is 54.2 Å².